The van der Waals surface area contributed by atoms with Crippen LogP contribution in [0.3, 0.4) is 0 Å². The zero-order valence-corrected chi connectivity index (χ0v) is 17.0. The van der Waals surface area contributed by atoms with E-state index in [0.29, 0.717) is 23.1 Å². The highest BCUT2D eigenvalue weighted by Gasteiger charge is 2.27. The summed E-state index contributed by atoms with van der Waals surface area (Å²) in [4.78, 5) is 18.3. The van der Waals surface area contributed by atoms with Crippen molar-refractivity contribution < 1.29 is 0 Å². The van der Waals surface area contributed by atoms with E-state index in [2.05, 4.69) is 41.7 Å². The Morgan fingerprint density at radius 3 is 2.30 bits per heavy atom. The number of hydrogen-bond donors (Lipinski definition) is 1. The second-order valence-corrected chi connectivity index (χ2v) is 7.77. The molecule has 1 atom stereocenters. The normalized spacial score (nSPS) is 15.8. The van der Waals surface area contributed by atoms with Crippen molar-refractivity contribution in [2.24, 2.45) is 5.10 Å². The smallest absolute Gasteiger partial charge is 0.266 e. The van der Waals surface area contributed by atoms with Crippen LogP contribution in [0.2, 0.25) is 0 Å². The Hall–Kier alpha value is -3.73. The molecule has 1 unspecified atom stereocenters. The molecule has 0 saturated heterocycles. The summed E-state index contributed by atoms with van der Waals surface area (Å²) in [6, 6.07) is 23.6. The molecule has 0 saturated carbocycles. The van der Waals surface area contributed by atoms with Gasteiger partial charge in [0.05, 0.1) is 22.3 Å². The molecule has 1 aliphatic rings. The number of rotatable bonds is 3. The second-order valence-electron chi connectivity index (χ2n) is 7.77. The molecule has 30 heavy (non-hydrogen) atoms. The third-order valence-electron chi connectivity index (χ3n) is 5.54. The van der Waals surface area contributed by atoms with Crippen LogP contribution in [0.15, 0.2) is 82.7 Å². The summed E-state index contributed by atoms with van der Waals surface area (Å²) in [5.41, 5.74) is 9.07. The quantitative estimate of drug-likeness (QED) is 0.559. The maximum absolute atomic E-state index is 13.4. The first-order chi connectivity index (χ1) is 14.6. The first-order valence-electron chi connectivity index (χ1n) is 10.1. The number of fused-ring (bicyclic) bond motifs is 1. The van der Waals surface area contributed by atoms with E-state index in [0.717, 1.165) is 22.5 Å². The number of para-hydroxylation sites is 1. The number of aryl methyl sites for hydroxylation is 2. The van der Waals surface area contributed by atoms with Crippen LogP contribution in [0.5, 0.6) is 0 Å². The number of benzene rings is 3. The van der Waals surface area contributed by atoms with Crippen LogP contribution >= 0.6 is 0 Å². The first-order valence-corrected chi connectivity index (χ1v) is 10.1. The molecule has 1 N–H and O–H groups in total. The van der Waals surface area contributed by atoms with E-state index in [-0.39, 0.29) is 11.6 Å². The number of nitrogens with zero attached hydrogens (tertiary/aromatic N) is 3. The largest absolute Gasteiger partial charge is 0.299 e. The zero-order chi connectivity index (χ0) is 20.7. The maximum atomic E-state index is 13.4. The zero-order valence-electron chi connectivity index (χ0n) is 17.0. The molecule has 148 valence electrons. The first kappa shape index (κ1) is 18.3. The summed E-state index contributed by atoms with van der Waals surface area (Å²) in [6.07, 6.45) is 0.666. The summed E-state index contributed by atoms with van der Waals surface area (Å²) in [5, 5.41) is 5.17. The molecule has 5 rings (SSSR count). The third kappa shape index (κ3) is 3.18. The number of hydrazone groups is 1. The summed E-state index contributed by atoms with van der Waals surface area (Å²) in [5.74, 6) is 0.674. The van der Waals surface area contributed by atoms with Gasteiger partial charge < -0.3 is 0 Å². The fourth-order valence-corrected chi connectivity index (χ4v) is 3.84. The fourth-order valence-electron chi connectivity index (χ4n) is 3.84. The summed E-state index contributed by atoms with van der Waals surface area (Å²) < 4.78 is 1.72. The van der Waals surface area contributed by atoms with Gasteiger partial charge in [-0.1, -0.05) is 59.7 Å². The van der Waals surface area contributed by atoms with Gasteiger partial charge in [-0.05, 0) is 43.7 Å². The maximum Gasteiger partial charge on any atom is 0.266 e. The summed E-state index contributed by atoms with van der Waals surface area (Å²) >= 11 is 0. The van der Waals surface area contributed by atoms with Gasteiger partial charge in [-0.25, -0.2) is 4.98 Å². The van der Waals surface area contributed by atoms with Crippen molar-refractivity contribution >= 4 is 16.6 Å². The molecule has 4 aromatic rings. The Morgan fingerprint density at radius 1 is 0.900 bits per heavy atom. The number of aromatic nitrogens is 2. The molecule has 5 heteroatoms. The molecule has 3 aromatic carbocycles. The number of nitrogens with one attached hydrogen (secondary N) is 1. The minimum Gasteiger partial charge on any atom is -0.299 e. The van der Waals surface area contributed by atoms with Crippen LogP contribution in [0.25, 0.3) is 16.6 Å². The molecule has 0 amide bonds. The van der Waals surface area contributed by atoms with Gasteiger partial charge in [0.2, 0.25) is 0 Å². The van der Waals surface area contributed by atoms with Crippen LogP contribution in [-0.2, 0) is 0 Å². The molecule has 0 aliphatic carbocycles. The highest BCUT2D eigenvalue weighted by atomic mass is 16.1. The van der Waals surface area contributed by atoms with Crippen LogP contribution in [0.4, 0.5) is 0 Å². The molecule has 0 radical (unpaired) electrons. The Kier molecular flexibility index (Phi) is 4.43. The average Bonchev–Trinajstić information content (AvgIpc) is 3.25. The molecule has 0 fully saturated rings. The van der Waals surface area contributed by atoms with Crippen molar-refractivity contribution in [2.75, 3.05) is 0 Å². The van der Waals surface area contributed by atoms with E-state index < -0.39 is 0 Å². The lowest BCUT2D eigenvalue weighted by Crippen LogP contribution is -2.28. The fraction of sp³-hybridized carbons (Fsp3) is 0.160. The standard InChI is InChI=1S/C25H22N4O/c1-16-7-11-18(12-8-16)22-15-23(28-27-22)24-26-21-6-4-3-5-20(21)25(30)29(24)19-13-9-17(2)10-14-19/h3-14,23,28H,15H2,1-2H3. The molecular weight excluding hydrogens is 372 g/mol. The van der Waals surface area contributed by atoms with Crippen molar-refractivity contribution in [2.45, 2.75) is 26.3 Å². The van der Waals surface area contributed by atoms with Gasteiger partial charge in [0.1, 0.15) is 11.9 Å². The lowest BCUT2D eigenvalue weighted by atomic mass is 10.0. The van der Waals surface area contributed by atoms with Gasteiger partial charge in [0.25, 0.3) is 5.56 Å². The van der Waals surface area contributed by atoms with E-state index in [1.807, 2.05) is 55.5 Å². The van der Waals surface area contributed by atoms with Crippen molar-refractivity contribution in [3.05, 3.63) is 106 Å². The molecular formula is C25H22N4O. The highest BCUT2D eigenvalue weighted by Crippen LogP contribution is 2.26. The van der Waals surface area contributed by atoms with Crippen molar-refractivity contribution in [1.82, 2.24) is 15.0 Å². The van der Waals surface area contributed by atoms with E-state index in [1.165, 1.54) is 5.56 Å². The predicted octanol–water partition coefficient (Wildman–Crippen LogP) is 4.44. The minimum atomic E-state index is -0.181. The summed E-state index contributed by atoms with van der Waals surface area (Å²) in [6.45, 7) is 4.10. The average molecular weight is 394 g/mol. The van der Waals surface area contributed by atoms with Crippen LogP contribution < -0.4 is 11.0 Å². The minimum absolute atomic E-state index is 0.0648. The summed E-state index contributed by atoms with van der Waals surface area (Å²) in [7, 11) is 0. The van der Waals surface area contributed by atoms with Crippen LogP contribution in [0, 0.1) is 13.8 Å². The SMILES string of the molecule is Cc1ccc(C2=NNC(c3nc4ccccc4c(=O)n3-c3ccc(C)cc3)C2)cc1. The molecule has 5 nitrogen and oxygen atoms in total. The molecule has 2 heterocycles. The third-order valence-corrected chi connectivity index (χ3v) is 5.54. The van der Waals surface area contributed by atoms with Gasteiger partial charge in [-0.2, -0.15) is 5.10 Å². The van der Waals surface area contributed by atoms with E-state index in [4.69, 9.17) is 4.98 Å². The van der Waals surface area contributed by atoms with E-state index >= 15 is 0 Å². The van der Waals surface area contributed by atoms with Gasteiger partial charge >= 0.3 is 0 Å². The number of hydrogen-bond acceptors (Lipinski definition) is 4. The van der Waals surface area contributed by atoms with Gasteiger partial charge in [0, 0.05) is 6.42 Å². The molecule has 0 bridgehead atoms. The Morgan fingerprint density at radius 2 is 1.57 bits per heavy atom. The Balaban J connectivity index is 1.62. The topological polar surface area (TPSA) is 59.3 Å². The van der Waals surface area contributed by atoms with E-state index in [1.54, 1.807) is 4.57 Å². The van der Waals surface area contributed by atoms with Crippen molar-refractivity contribution in [1.29, 1.82) is 0 Å². The molecule has 0 spiro atoms. The van der Waals surface area contributed by atoms with Gasteiger partial charge in [0.15, 0.2) is 0 Å². The molecule has 1 aromatic heterocycles. The predicted molar refractivity (Wildman–Crippen MR) is 120 cm³/mol. The molecule has 1 aliphatic heterocycles. The lowest BCUT2D eigenvalue weighted by Gasteiger charge is -2.18. The van der Waals surface area contributed by atoms with Gasteiger partial charge in [-0.3, -0.25) is 14.8 Å². The Bertz CT molecular complexity index is 1320. The van der Waals surface area contributed by atoms with Crippen LogP contribution in [0.1, 0.15) is 35.0 Å². The monoisotopic (exact) mass is 394 g/mol. The lowest BCUT2D eigenvalue weighted by molar-refractivity contribution is 0.565. The highest BCUT2D eigenvalue weighted by molar-refractivity contribution is 6.01. The van der Waals surface area contributed by atoms with E-state index in [9.17, 15) is 4.79 Å². The Labute approximate surface area is 174 Å². The van der Waals surface area contributed by atoms with Crippen molar-refractivity contribution in [3.8, 4) is 5.69 Å². The van der Waals surface area contributed by atoms with Crippen molar-refractivity contribution in [3.63, 3.8) is 0 Å². The van der Waals surface area contributed by atoms with Gasteiger partial charge in [-0.15, -0.1) is 0 Å². The second kappa shape index (κ2) is 7.26. The van der Waals surface area contributed by atoms with Crippen LogP contribution in [-0.4, -0.2) is 15.3 Å².